The fourth-order valence-corrected chi connectivity index (χ4v) is 3.63. The van der Waals surface area contributed by atoms with Crippen molar-refractivity contribution in [2.45, 2.75) is 11.5 Å². The Balaban J connectivity index is 1.85. The lowest BCUT2D eigenvalue weighted by Crippen LogP contribution is -2.27. The Morgan fingerprint density at radius 3 is 2.24 bits per heavy atom. The molecule has 1 heterocycles. The van der Waals surface area contributed by atoms with Gasteiger partial charge in [0.2, 0.25) is 0 Å². The van der Waals surface area contributed by atoms with Gasteiger partial charge in [-0.3, -0.25) is 10.1 Å². The first-order valence-corrected chi connectivity index (χ1v) is 9.28. The zero-order valence-electron chi connectivity index (χ0n) is 15.2. The van der Waals surface area contributed by atoms with Crippen molar-refractivity contribution in [2.75, 3.05) is 0 Å². The van der Waals surface area contributed by atoms with Crippen LogP contribution in [0, 0.1) is 21.4 Å². The van der Waals surface area contributed by atoms with Crippen LogP contribution in [-0.4, -0.2) is 4.92 Å². The van der Waals surface area contributed by atoms with Crippen molar-refractivity contribution in [1.82, 2.24) is 0 Å². The molecule has 0 saturated heterocycles. The summed E-state index contributed by atoms with van der Waals surface area (Å²) in [5, 5.41) is 21.8. The second-order valence-corrected chi connectivity index (χ2v) is 7.15. The van der Waals surface area contributed by atoms with Gasteiger partial charge < -0.3 is 4.74 Å². The fraction of sp³-hybridized carbons (Fsp3) is 0.0870. The molecule has 1 aliphatic rings. The predicted octanol–water partition coefficient (Wildman–Crippen LogP) is 5.82. The normalized spacial score (nSPS) is 20.4. The summed E-state index contributed by atoms with van der Waals surface area (Å²) in [6.07, 6.45) is 1.15. The van der Waals surface area contributed by atoms with Crippen molar-refractivity contribution < 1.29 is 9.66 Å². The van der Waals surface area contributed by atoms with Crippen LogP contribution in [0.1, 0.15) is 22.8 Å². The Bertz CT molecular complexity index is 1120. The van der Waals surface area contributed by atoms with E-state index in [2.05, 4.69) is 6.07 Å². The summed E-state index contributed by atoms with van der Waals surface area (Å²) in [5.74, 6) is 0.588. The fourth-order valence-electron chi connectivity index (χ4n) is 3.51. The van der Waals surface area contributed by atoms with E-state index in [4.69, 9.17) is 16.3 Å². The third-order valence-corrected chi connectivity index (χ3v) is 5.24. The molecule has 0 unspecified atom stereocenters. The van der Waals surface area contributed by atoms with E-state index in [9.17, 15) is 15.4 Å². The summed E-state index contributed by atoms with van der Waals surface area (Å²) in [6, 6.07) is 25.1. The van der Waals surface area contributed by atoms with Crippen LogP contribution in [0.4, 0.5) is 5.69 Å². The minimum Gasteiger partial charge on any atom is -0.483 e. The van der Waals surface area contributed by atoms with E-state index in [1.807, 2.05) is 36.4 Å². The number of hydrogen-bond acceptors (Lipinski definition) is 4. The Labute approximate surface area is 172 Å². The van der Waals surface area contributed by atoms with Gasteiger partial charge in [-0.25, -0.2) is 0 Å². The predicted molar refractivity (Wildman–Crippen MR) is 110 cm³/mol. The molecule has 5 nitrogen and oxygen atoms in total. The lowest BCUT2D eigenvalue weighted by molar-refractivity contribution is -0.384. The summed E-state index contributed by atoms with van der Waals surface area (Å²) in [5.41, 5.74) is 1.14. The summed E-state index contributed by atoms with van der Waals surface area (Å²) in [6.45, 7) is 0. The molecule has 0 N–H and O–H groups in total. The monoisotopic (exact) mass is 402 g/mol. The molecule has 0 aromatic heterocycles. The molecule has 142 valence electrons. The van der Waals surface area contributed by atoms with Crippen LogP contribution in [0.15, 0.2) is 84.9 Å². The van der Waals surface area contributed by atoms with Gasteiger partial charge in [0.25, 0.3) is 5.69 Å². The number of nitro benzene ring substituents is 1. The number of nitriles is 1. The second kappa shape index (κ2) is 7.42. The molecule has 6 heteroatoms. The van der Waals surface area contributed by atoms with Crippen LogP contribution in [0.25, 0.3) is 5.76 Å². The van der Waals surface area contributed by atoms with Crippen molar-refractivity contribution in [3.63, 3.8) is 0 Å². The summed E-state index contributed by atoms with van der Waals surface area (Å²) in [7, 11) is 0. The quantitative estimate of drug-likeness (QED) is 0.407. The first-order valence-electron chi connectivity index (χ1n) is 8.90. The molecule has 2 atom stereocenters. The smallest absolute Gasteiger partial charge is 0.269 e. The largest absolute Gasteiger partial charge is 0.483 e. The minimum absolute atomic E-state index is 0.0166. The minimum atomic E-state index is -1.11. The van der Waals surface area contributed by atoms with E-state index in [0.717, 1.165) is 11.1 Å². The first kappa shape index (κ1) is 18.7. The van der Waals surface area contributed by atoms with Crippen molar-refractivity contribution >= 4 is 23.0 Å². The van der Waals surface area contributed by atoms with E-state index in [1.165, 1.54) is 12.1 Å². The van der Waals surface area contributed by atoms with Gasteiger partial charge in [-0.05, 0) is 41.5 Å². The molecule has 4 rings (SSSR count). The van der Waals surface area contributed by atoms with Crippen molar-refractivity contribution in [1.29, 1.82) is 5.26 Å². The van der Waals surface area contributed by atoms with E-state index in [1.54, 1.807) is 36.4 Å². The van der Waals surface area contributed by atoms with E-state index >= 15 is 0 Å². The van der Waals surface area contributed by atoms with Crippen LogP contribution < -0.4 is 0 Å². The number of hydrogen-bond donors (Lipinski definition) is 0. The number of rotatable bonds is 4. The molecule has 3 aromatic rings. The molecule has 0 bridgehead atoms. The molecule has 0 spiro atoms. The highest BCUT2D eigenvalue weighted by atomic mass is 35.5. The van der Waals surface area contributed by atoms with Crippen LogP contribution in [0.2, 0.25) is 5.02 Å². The molecule has 0 fully saturated rings. The molecule has 29 heavy (non-hydrogen) atoms. The topological polar surface area (TPSA) is 76.2 Å². The van der Waals surface area contributed by atoms with Gasteiger partial charge in [-0.15, -0.1) is 0 Å². The maximum absolute atomic E-state index is 11.0. The van der Waals surface area contributed by atoms with Gasteiger partial charge in [0.15, 0.2) is 6.10 Å². The molecule has 0 aliphatic carbocycles. The zero-order valence-corrected chi connectivity index (χ0v) is 15.9. The molecular weight excluding hydrogens is 388 g/mol. The van der Waals surface area contributed by atoms with E-state index in [0.29, 0.717) is 16.3 Å². The number of nitro groups is 1. The van der Waals surface area contributed by atoms with Gasteiger partial charge in [0.05, 0.1) is 11.0 Å². The highest BCUT2D eigenvalue weighted by Gasteiger charge is 2.47. The molecule has 0 amide bonds. The summed E-state index contributed by atoms with van der Waals surface area (Å²) >= 11 is 6.04. The number of nitrogens with zero attached hydrogens (tertiary/aromatic N) is 2. The van der Waals surface area contributed by atoms with Gasteiger partial charge in [0.1, 0.15) is 11.2 Å². The highest BCUT2D eigenvalue weighted by Crippen LogP contribution is 2.50. The maximum Gasteiger partial charge on any atom is 0.269 e. The van der Waals surface area contributed by atoms with Crippen LogP contribution in [-0.2, 0) is 10.2 Å². The summed E-state index contributed by atoms with van der Waals surface area (Å²) in [4.78, 5) is 10.6. The third kappa shape index (κ3) is 3.35. The molecule has 0 radical (unpaired) electrons. The lowest BCUT2D eigenvalue weighted by atomic mass is 9.75. The molecular formula is C23H15ClN2O3. The Morgan fingerprint density at radius 1 is 1.00 bits per heavy atom. The molecule has 1 aliphatic heterocycles. The number of benzene rings is 3. The maximum atomic E-state index is 11.0. The van der Waals surface area contributed by atoms with Gasteiger partial charge in [-0.1, -0.05) is 54.1 Å². The van der Waals surface area contributed by atoms with Crippen molar-refractivity contribution in [2.24, 2.45) is 0 Å². The van der Waals surface area contributed by atoms with Crippen LogP contribution in [0.3, 0.4) is 0 Å². The Morgan fingerprint density at radius 2 is 1.66 bits per heavy atom. The molecule has 0 saturated carbocycles. The number of halogens is 1. The second-order valence-electron chi connectivity index (χ2n) is 6.71. The van der Waals surface area contributed by atoms with E-state index in [-0.39, 0.29) is 5.69 Å². The van der Waals surface area contributed by atoms with Gasteiger partial charge >= 0.3 is 0 Å². The van der Waals surface area contributed by atoms with Gasteiger partial charge in [0, 0.05) is 22.7 Å². The average Bonchev–Trinajstić information content (AvgIpc) is 3.16. The first-order chi connectivity index (χ1) is 14.0. The number of ether oxygens (including phenoxy) is 1. The average molecular weight is 403 g/mol. The number of non-ortho nitro benzene ring substituents is 1. The highest BCUT2D eigenvalue weighted by molar-refractivity contribution is 6.30. The standard InChI is InChI=1S/C23H15ClN2O3/c24-19-10-8-18(9-11-19)23(15-25)14-21(16-4-2-1-3-5-16)29-22(23)17-6-12-20(13-7-17)26(27)28/h1-14,22H/t22-,23+/m0/s1. The molecule has 3 aromatic carbocycles. The SMILES string of the molecule is N#C[C@@]1(c2ccc(Cl)cc2)C=C(c2ccccc2)O[C@H]1c1ccc([N+](=O)[O-])cc1. The lowest BCUT2D eigenvalue weighted by Gasteiger charge is -2.27. The third-order valence-electron chi connectivity index (χ3n) is 4.99. The van der Waals surface area contributed by atoms with Crippen molar-refractivity contribution in [3.8, 4) is 6.07 Å². The summed E-state index contributed by atoms with van der Waals surface area (Å²) < 4.78 is 6.26. The van der Waals surface area contributed by atoms with Crippen molar-refractivity contribution in [3.05, 3.63) is 117 Å². The zero-order chi connectivity index (χ0) is 20.4. The van der Waals surface area contributed by atoms with E-state index < -0.39 is 16.4 Å². The Kier molecular flexibility index (Phi) is 4.79. The van der Waals surface area contributed by atoms with Crippen LogP contribution in [0.5, 0.6) is 0 Å². The van der Waals surface area contributed by atoms with Gasteiger partial charge in [-0.2, -0.15) is 5.26 Å². The Hall–Kier alpha value is -3.62. The van der Waals surface area contributed by atoms with Crippen LogP contribution >= 0.6 is 11.6 Å².